The minimum atomic E-state index is -0.956. The van der Waals surface area contributed by atoms with Gasteiger partial charge in [-0.15, -0.1) is 0 Å². The fourth-order valence-electron chi connectivity index (χ4n) is 2.86. The molecule has 2 aromatic heterocycles. The van der Waals surface area contributed by atoms with Gasteiger partial charge in [-0.3, -0.25) is 0 Å². The molecule has 0 radical (unpaired) electrons. The van der Waals surface area contributed by atoms with Crippen molar-refractivity contribution in [2.75, 3.05) is 5.32 Å². The van der Waals surface area contributed by atoms with Crippen LogP contribution in [0.25, 0.3) is 10.9 Å². The van der Waals surface area contributed by atoms with Crippen LogP contribution in [0.3, 0.4) is 0 Å². The highest BCUT2D eigenvalue weighted by atomic mass is 16.4. The third kappa shape index (κ3) is 2.54. The average molecular weight is 307 g/mol. The van der Waals surface area contributed by atoms with E-state index in [0.29, 0.717) is 11.7 Å². The molecule has 0 amide bonds. The number of pyridine rings is 1. The van der Waals surface area contributed by atoms with Gasteiger partial charge in [-0.25, -0.2) is 9.78 Å². The molecule has 4 rings (SSSR count). The maximum Gasteiger partial charge on any atom is 0.339 e. The van der Waals surface area contributed by atoms with Crippen LogP contribution in [0, 0.1) is 0 Å². The van der Waals surface area contributed by atoms with Crippen molar-refractivity contribution < 1.29 is 9.90 Å². The maximum atomic E-state index is 11.5. The minimum absolute atomic E-state index is 0.223. The highest BCUT2D eigenvalue weighted by Gasteiger charge is 2.25. The predicted octanol–water partition coefficient (Wildman–Crippen LogP) is 3.89. The number of aromatic carboxylic acids is 1. The molecular formula is C18H17N3O2. The summed E-state index contributed by atoms with van der Waals surface area (Å²) in [6.45, 7) is 0. The van der Waals surface area contributed by atoms with Crippen molar-refractivity contribution in [2.24, 2.45) is 7.05 Å². The lowest BCUT2D eigenvalue weighted by molar-refractivity contribution is 0.0697. The highest BCUT2D eigenvalue weighted by Crippen LogP contribution is 2.40. The normalized spacial score (nSPS) is 14.1. The van der Waals surface area contributed by atoms with E-state index in [9.17, 15) is 9.90 Å². The molecule has 1 fully saturated rings. The summed E-state index contributed by atoms with van der Waals surface area (Å²) in [6, 6.07) is 9.74. The lowest BCUT2D eigenvalue weighted by Crippen LogP contribution is -2.06. The van der Waals surface area contributed by atoms with Gasteiger partial charge in [0.2, 0.25) is 0 Å². The van der Waals surface area contributed by atoms with Crippen LogP contribution < -0.4 is 5.32 Å². The standard InChI is InChI=1S/C18H17N3O2/c1-21-7-6-12-4-5-14(9-16(12)21)20-17-15(18(22)23)8-13(10-19-17)11-2-3-11/h4-11H,2-3H2,1H3,(H,19,20)(H,22,23). The minimum Gasteiger partial charge on any atom is -0.478 e. The number of rotatable bonds is 4. The Balaban J connectivity index is 1.71. The van der Waals surface area contributed by atoms with E-state index in [2.05, 4.69) is 10.3 Å². The third-order valence-electron chi connectivity index (χ3n) is 4.34. The van der Waals surface area contributed by atoms with Crippen molar-refractivity contribution in [3.8, 4) is 0 Å². The summed E-state index contributed by atoms with van der Waals surface area (Å²) in [6.07, 6.45) is 6.03. The Morgan fingerprint density at radius 1 is 1.30 bits per heavy atom. The summed E-state index contributed by atoms with van der Waals surface area (Å²) >= 11 is 0. The molecule has 5 nitrogen and oxygen atoms in total. The molecule has 2 heterocycles. The number of benzene rings is 1. The second-order valence-corrected chi connectivity index (χ2v) is 6.07. The van der Waals surface area contributed by atoms with Gasteiger partial charge in [-0.2, -0.15) is 0 Å². The van der Waals surface area contributed by atoms with Gasteiger partial charge in [0.05, 0.1) is 0 Å². The van der Waals surface area contributed by atoms with Gasteiger partial charge >= 0.3 is 5.97 Å². The Bertz CT molecular complexity index is 910. The second-order valence-electron chi connectivity index (χ2n) is 6.07. The van der Waals surface area contributed by atoms with Crippen molar-refractivity contribution >= 4 is 28.4 Å². The number of aryl methyl sites for hydroxylation is 1. The molecule has 116 valence electrons. The van der Waals surface area contributed by atoms with Crippen LogP contribution in [0.4, 0.5) is 11.5 Å². The van der Waals surface area contributed by atoms with Gasteiger partial charge in [0.15, 0.2) is 0 Å². The molecule has 3 aromatic rings. The van der Waals surface area contributed by atoms with Gasteiger partial charge in [0, 0.05) is 30.6 Å². The molecule has 0 saturated heterocycles. The van der Waals surface area contributed by atoms with Crippen LogP contribution in [0.5, 0.6) is 0 Å². The van der Waals surface area contributed by atoms with E-state index in [1.807, 2.05) is 42.1 Å². The van der Waals surface area contributed by atoms with Gasteiger partial charge in [0.1, 0.15) is 11.4 Å². The molecule has 0 spiro atoms. The summed E-state index contributed by atoms with van der Waals surface area (Å²) in [5.74, 6) is -0.0905. The van der Waals surface area contributed by atoms with Crippen LogP contribution in [0.15, 0.2) is 42.7 Å². The number of hydrogen-bond donors (Lipinski definition) is 2. The first-order chi connectivity index (χ1) is 11.1. The van der Waals surface area contributed by atoms with Gasteiger partial charge in [-0.05, 0) is 54.0 Å². The number of carbonyl (C=O) groups is 1. The Kier molecular flexibility index (Phi) is 3.08. The van der Waals surface area contributed by atoms with Crippen molar-refractivity contribution in [2.45, 2.75) is 18.8 Å². The number of fused-ring (bicyclic) bond motifs is 1. The molecule has 0 atom stereocenters. The number of aromatic nitrogens is 2. The van der Waals surface area contributed by atoms with Gasteiger partial charge < -0.3 is 15.0 Å². The predicted molar refractivity (Wildman–Crippen MR) is 89.4 cm³/mol. The molecule has 1 aliphatic carbocycles. The van der Waals surface area contributed by atoms with E-state index in [1.54, 1.807) is 12.3 Å². The average Bonchev–Trinajstić information content (AvgIpc) is 3.33. The molecule has 0 bridgehead atoms. The maximum absolute atomic E-state index is 11.5. The summed E-state index contributed by atoms with van der Waals surface area (Å²) in [5.41, 5.74) is 3.15. The van der Waals surface area contributed by atoms with E-state index in [4.69, 9.17) is 0 Å². The molecule has 0 aliphatic heterocycles. The van der Waals surface area contributed by atoms with Crippen LogP contribution in [-0.4, -0.2) is 20.6 Å². The summed E-state index contributed by atoms with van der Waals surface area (Å²) in [4.78, 5) is 15.9. The number of nitrogens with one attached hydrogen (secondary N) is 1. The number of nitrogens with zero attached hydrogens (tertiary/aromatic N) is 2. The van der Waals surface area contributed by atoms with Crippen molar-refractivity contribution in [3.05, 3.63) is 53.9 Å². The molecule has 1 aromatic carbocycles. The largest absolute Gasteiger partial charge is 0.478 e. The Morgan fingerprint density at radius 2 is 2.13 bits per heavy atom. The van der Waals surface area contributed by atoms with Crippen molar-refractivity contribution in [3.63, 3.8) is 0 Å². The number of carboxylic acids is 1. The fourth-order valence-corrected chi connectivity index (χ4v) is 2.86. The van der Waals surface area contributed by atoms with Crippen LogP contribution >= 0.6 is 0 Å². The number of anilines is 2. The molecule has 23 heavy (non-hydrogen) atoms. The topological polar surface area (TPSA) is 67.2 Å². The highest BCUT2D eigenvalue weighted by molar-refractivity contribution is 5.94. The second kappa shape index (κ2) is 5.12. The van der Waals surface area contributed by atoms with Crippen molar-refractivity contribution in [1.29, 1.82) is 0 Å². The third-order valence-corrected chi connectivity index (χ3v) is 4.34. The first-order valence-corrected chi connectivity index (χ1v) is 7.67. The summed E-state index contributed by atoms with van der Waals surface area (Å²) in [5, 5.41) is 13.8. The van der Waals surface area contributed by atoms with Crippen LogP contribution in [-0.2, 0) is 7.05 Å². The first-order valence-electron chi connectivity index (χ1n) is 7.67. The molecule has 0 unspecified atom stereocenters. The molecular weight excluding hydrogens is 290 g/mol. The monoisotopic (exact) mass is 307 g/mol. The lowest BCUT2D eigenvalue weighted by Gasteiger charge is -2.11. The molecule has 1 aliphatic rings. The Labute approximate surface area is 133 Å². The fraction of sp³-hybridized carbons (Fsp3) is 0.222. The zero-order valence-corrected chi connectivity index (χ0v) is 12.8. The number of hydrogen-bond acceptors (Lipinski definition) is 3. The quantitative estimate of drug-likeness (QED) is 0.767. The van der Waals surface area contributed by atoms with Gasteiger partial charge in [0.25, 0.3) is 0 Å². The van der Waals surface area contributed by atoms with Crippen LogP contribution in [0.2, 0.25) is 0 Å². The van der Waals surface area contributed by atoms with Crippen molar-refractivity contribution in [1.82, 2.24) is 9.55 Å². The van der Waals surface area contributed by atoms with E-state index in [1.165, 1.54) is 0 Å². The zero-order chi connectivity index (χ0) is 16.0. The van der Waals surface area contributed by atoms with Crippen LogP contribution in [0.1, 0.15) is 34.7 Å². The van der Waals surface area contributed by atoms with E-state index in [-0.39, 0.29) is 5.56 Å². The smallest absolute Gasteiger partial charge is 0.339 e. The van der Waals surface area contributed by atoms with E-state index in [0.717, 1.165) is 35.0 Å². The number of carboxylic acid groups (broad SMARTS) is 1. The SMILES string of the molecule is Cn1ccc2ccc(Nc3ncc(C4CC4)cc3C(=O)O)cc21. The molecule has 5 heteroatoms. The lowest BCUT2D eigenvalue weighted by atomic mass is 10.1. The molecule has 2 N–H and O–H groups in total. The van der Waals surface area contributed by atoms with E-state index >= 15 is 0 Å². The summed E-state index contributed by atoms with van der Waals surface area (Å²) in [7, 11) is 1.98. The van der Waals surface area contributed by atoms with E-state index < -0.39 is 5.97 Å². The zero-order valence-electron chi connectivity index (χ0n) is 12.8. The first kappa shape index (κ1) is 13.8. The summed E-state index contributed by atoms with van der Waals surface area (Å²) < 4.78 is 2.03. The Morgan fingerprint density at radius 3 is 2.87 bits per heavy atom. The molecule has 1 saturated carbocycles. The Hall–Kier alpha value is -2.82. The van der Waals surface area contributed by atoms with Gasteiger partial charge in [-0.1, -0.05) is 6.07 Å².